The molecular weight excluding hydrogens is 322 g/mol. The van der Waals surface area contributed by atoms with E-state index in [1.165, 1.54) is 24.3 Å². The summed E-state index contributed by atoms with van der Waals surface area (Å²) in [7, 11) is -3.28. The molecule has 0 unspecified atom stereocenters. The number of benzene rings is 1. The first kappa shape index (κ1) is 18.7. The summed E-state index contributed by atoms with van der Waals surface area (Å²) in [5.74, 6) is -2.05. The predicted molar refractivity (Wildman–Crippen MR) is 75.7 cm³/mol. The molecule has 9 heteroatoms. The molecule has 0 heterocycles. The van der Waals surface area contributed by atoms with Crippen LogP contribution >= 0.6 is 7.60 Å². The lowest BCUT2D eigenvalue weighted by Crippen LogP contribution is -2.29. The number of carbonyl (C=O) groups excluding carboxylic acids is 1. The third-order valence-corrected chi connectivity index (χ3v) is 4.55. The molecule has 0 bridgehead atoms. The Morgan fingerprint density at radius 2 is 1.64 bits per heavy atom. The van der Waals surface area contributed by atoms with Crippen molar-refractivity contribution in [1.82, 2.24) is 0 Å². The van der Waals surface area contributed by atoms with E-state index in [-0.39, 0.29) is 25.1 Å². The first-order valence-electron chi connectivity index (χ1n) is 6.55. The molecule has 124 valence electrons. The van der Waals surface area contributed by atoms with Gasteiger partial charge in [0.25, 0.3) is 0 Å². The van der Waals surface area contributed by atoms with E-state index in [2.05, 4.69) is 0 Å². The number of nitrogens with one attached hydrogen (secondary N) is 1. The van der Waals surface area contributed by atoms with Gasteiger partial charge in [-0.05, 0) is 31.5 Å². The van der Waals surface area contributed by atoms with Crippen molar-refractivity contribution in [2.75, 3.05) is 18.5 Å². The van der Waals surface area contributed by atoms with Gasteiger partial charge in [0, 0.05) is 5.69 Å². The Morgan fingerprint density at radius 3 is 2.05 bits per heavy atom. The molecule has 0 aromatic heterocycles. The van der Waals surface area contributed by atoms with E-state index in [0.29, 0.717) is 5.56 Å². The fraction of sp³-hybridized carbons (Fsp3) is 0.462. The van der Waals surface area contributed by atoms with E-state index >= 15 is 0 Å². The summed E-state index contributed by atoms with van der Waals surface area (Å²) in [4.78, 5) is 10.8. The minimum Gasteiger partial charge on any atom is -0.318 e. The van der Waals surface area contributed by atoms with Crippen molar-refractivity contribution in [1.29, 1.82) is 0 Å². The van der Waals surface area contributed by atoms with Crippen LogP contribution in [0.5, 0.6) is 0 Å². The fourth-order valence-electron chi connectivity index (χ4n) is 1.64. The quantitative estimate of drug-likeness (QED) is 0.764. The Bertz CT molecular complexity index is 535. The van der Waals surface area contributed by atoms with Crippen molar-refractivity contribution >= 4 is 19.2 Å². The molecule has 0 fully saturated rings. The van der Waals surface area contributed by atoms with Crippen molar-refractivity contribution < 1.29 is 31.6 Å². The van der Waals surface area contributed by atoms with Crippen LogP contribution < -0.4 is 5.32 Å². The average Bonchev–Trinajstić information content (AvgIpc) is 2.40. The molecule has 22 heavy (non-hydrogen) atoms. The predicted octanol–water partition coefficient (Wildman–Crippen LogP) is 3.95. The molecule has 5 nitrogen and oxygen atoms in total. The van der Waals surface area contributed by atoms with Crippen molar-refractivity contribution in [3.8, 4) is 0 Å². The first-order chi connectivity index (χ1) is 10.2. The third-order valence-electron chi connectivity index (χ3n) is 2.50. The number of hydrogen-bond donors (Lipinski definition) is 1. The number of carbonyl (C=O) groups is 1. The zero-order valence-corrected chi connectivity index (χ0v) is 13.0. The van der Waals surface area contributed by atoms with Gasteiger partial charge in [-0.2, -0.15) is 13.2 Å². The molecule has 1 rings (SSSR count). The standard InChI is InChI=1S/C13H17F3NO4P/c1-3-20-22(19,21-4-2)9-10-5-7-11(8-6-10)17-12(18)13(14,15)16/h5-8H,3-4,9H2,1-2H3,(H,17,18). The smallest absolute Gasteiger partial charge is 0.318 e. The summed E-state index contributed by atoms with van der Waals surface area (Å²) in [5.41, 5.74) is 0.559. The molecule has 0 aliphatic rings. The summed E-state index contributed by atoms with van der Waals surface area (Å²) in [6.45, 7) is 3.80. The number of hydrogen-bond acceptors (Lipinski definition) is 4. The second-order valence-electron chi connectivity index (χ2n) is 4.25. The SMILES string of the molecule is CCOP(=O)(Cc1ccc(NC(=O)C(F)(F)F)cc1)OCC. The van der Waals surface area contributed by atoms with Crippen LogP contribution in [0.1, 0.15) is 19.4 Å². The summed E-state index contributed by atoms with van der Waals surface area (Å²) >= 11 is 0. The van der Waals surface area contributed by atoms with Gasteiger partial charge in [-0.15, -0.1) is 0 Å². The lowest BCUT2D eigenvalue weighted by Gasteiger charge is -2.17. The van der Waals surface area contributed by atoms with Gasteiger partial charge >= 0.3 is 19.7 Å². The van der Waals surface area contributed by atoms with Gasteiger partial charge in [0.1, 0.15) is 0 Å². The first-order valence-corrected chi connectivity index (χ1v) is 8.28. The Morgan fingerprint density at radius 1 is 1.14 bits per heavy atom. The van der Waals surface area contributed by atoms with Gasteiger partial charge in [0.2, 0.25) is 0 Å². The van der Waals surface area contributed by atoms with E-state index < -0.39 is 19.7 Å². The van der Waals surface area contributed by atoms with Crippen molar-refractivity contribution in [2.45, 2.75) is 26.2 Å². The van der Waals surface area contributed by atoms with Gasteiger partial charge in [-0.25, -0.2) is 0 Å². The molecule has 1 N–H and O–H groups in total. The molecule has 0 radical (unpaired) electrons. The normalized spacial score (nSPS) is 12.2. The molecule has 1 aromatic carbocycles. The maximum absolute atomic E-state index is 12.3. The van der Waals surface area contributed by atoms with Crippen LogP contribution in [0, 0.1) is 0 Å². The third kappa shape index (κ3) is 5.79. The van der Waals surface area contributed by atoms with Crippen LogP contribution in [-0.4, -0.2) is 25.3 Å². The summed E-state index contributed by atoms with van der Waals surface area (Å²) in [6.07, 6.45) is -4.94. The fourth-order valence-corrected chi connectivity index (χ4v) is 3.34. The van der Waals surface area contributed by atoms with E-state index in [1.807, 2.05) is 0 Å². The van der Waals surface area contributed by atoms with Crippen molar-refractivity contribution in [2.24, 2.45) is 0 Å². The topological polar surface area (TPSA) is 64.6 Å². The molecule has 0 spiro atoms. The number of rotatable bonds is 7. The van der Waals surface area contributed by atoms with Crippen LogP contribution in [-0.2, 0) is 24.6 Å². The van der Waals surface area contributed by atoms with Gasteiger partial charge in [0.05, 0.1) is 19.4 Å². The maximum atomic E-state index is 12.3. The molecule has 1 aromatic rings. The van der Waals surface area contributed by atoms with Crippen LogP contribution in [0.4, 0.5) is 18.9 Å². The maximum Gasteiger partial charge on any atom is 0.471 e. The Balaban J connectivity index is 2.76. The molecular formula is C13H17F3NO4P. The van der Waals surface area contributed by atoms with Gasteiger partial charge in [-0.1, -0.05) is 12.1 Å². The van der Waals surface area contributed by atoms with Crippen LogP contribution in [0.2, 0.25) is 0 Å². The number of halogens is 3. The highest BCUT2D eigenvalue weighted by Gasteiger charge is 2.38. The average molecular weight is 339 g/mol. The highest BCUT2D eigenvalue weighted by atomic mass is 31.2. The highest BCUT2D eigenvalue weighted by molar-refractivity contribution is 7.53. The van der Waals surface area contributed by atoms with Gasteiger partial charge in [0.15, 0.2) is 0 Å². The van der Waals surface area contributed by atoms with Crippen molar-refractivity contribution in [3.05, 3.63) is 29.8 Å². The lowest BCUT2D eigenvalue weighted by atomic mass is 10.2. The van der Waals surface area contributed by atoms with E-state index in [4.69, 9.17) is 9.05 Å². The molecule has 0 saturated carbocycles. The lowest BCUT2D eigenvalue weighted by molar-refractivity contribution is -0.167. The second-order valence-corrected chi connectivity index (χ2v) is 6.31. The van der Waals surface area contributed by atoms with Gasteiger partial charge < -0.3 is 14.4 Å². The second kappa shape index (κ2) is 7.76. The molecule has 0 aliphatic carbocycles. The monoisotopic (exact) mass is 339 g/mol. The summed E-state index contributed by atoms with van der Waals surface area (Å²) in [6, 6.07) is 5.50. The Labute approximate surface area is 126 Å². The Hall–Kier alpha value is -1.37. The van der Waals surface area contributed by atoms with Crippen LogP contribution in [0.25, 0.3) is 0 Å². The largest absolute Gasteiger partial charge is 0.471 e. The van der Waals surface area contributed by atoms with Crippen LogP contribution in [0.15, 0.2) is 24.3 Å². The molecule has 1 amide bonds. The molecule has 0 atom stereocenters. The number of anilines is 1. The zero-order chi connectivity index (χ0) is 16.8. The number of alkyl halides is 3. The van der Waals surface area contributed by atoms with E-state index in [1.54, 1.807) is 19.2 Å². The highest BCUT2D eigenvalue weighted by Crippen LogP contribution is 2.51. The van der Waals surface area contributed by atoms with Crippen molar-refractivity contribution in [3.63, 3.8) is 0 Å². The zero-order valence-electron chi connectivity index (χ0n) is 12.1. The summed E-state index contributed by atoms with van der Waals surface area (Å²) < 4.78 is 58.9. The van der Waals surface area contributed by atoms with Crippen LogP contribution in [0.3, 0.4) is 0 Å². The molecule has 0 aliphatic heterocycles. The number of amides is 1. The van der Waals surface area contributed by atoms with Gasteiger partial charge in [-0.3, -0.25) is 9.36 Å². The van der Waals surface area contributed by atoms with E-state index in [9.17, 15) is 22.5 Å². The minimum atomic E-state index is -4.95. The minimum absolute atomic E-state index is 0.00216. The molecule has 0 saturated heterocycles. The summed E-state index contributed by atoms with van der Waals surface area (Å²) in [5, 5.41) is 1.73. The van der Waals surface area contributed by atoms with E-state index in [0.717, 1.165) is 0 Å². The Kier molecular flexibility index (Phi) is 6.59.